The first kappa shape index (κ1) is 19.2. The number of amides is 1. The van der Waals surface area contributed by atoms with Gasteiger partial charge in [0.05, 0.1) is 33.7 Å². The van der Waals surface area contributed by atoms with Gasteiger partial charge in [0, 0.05) is 6.54 Å². The number of rotatable bonds is 5. The van der Waals surface area contributed by atoms with E-state index in [9.17, 15) is 9.59 Å². The highest BCUT2D eigenvalue weighted by Gasteiger charge is 2.23. The van der Waals surface area contributed by atoms with Crippen LogP contribution in [0.15, 0.2) is 16.9 Å². The van der Waals surface area contributed by atoms with Crippen LogP contribution in [0.2, 0.25) is 0 Å². The number of hydrogen-bond acceptors (Lipinski definition) is 5. The second kappa shape index (κ2) is 7.38. The first-order chi connectivity index (χ1) is 11.6. The fraction of sp³-hybridized carbons (Fsp3) is 0.500. The van der Waals surface area contributed by atoms with E-state index < -0.39 is 5.41 Å². The molecule has 0 aliphatic carbocycles. The van der Waals surface area contributed by atoms with Gasteiger partial charge in [0.2, 0.25) is 0 Å². The molecule has 0 aromatic carbocycles. The summed E-state index contributed by atoms with van der Waals surface area (Å²) in [4.78, 5) is 24.3. The van der Waals surface area contributed by atoms with Crippen molar-refractivity contribution < 1.29 is 14.3 Å². The minimum Gasteiger partial charge on any atom is -0.442 e. The molecule has 0 unspecified atom stereocenters. The van der Waals surface area contributed by atoms with Gasteiger partial charge in [-0.25, -0.2) is 4.68 Å². The molecule has 1 amide bonds. The quantitative estimate of drug-likeness (QED) is 0.763. The molecule has 0 saturated heterocycles. The standard InChI is InChI=1S/C16H22BrN5O3/c1-6-22-13(12(17)10(2)20-22)14(23)19-11-7-18-21(8-11)9-25-15(24)16(3,4)5/h7-8H,6,9H2,1-5H3,(H,19,23). The molecule has 2 rings (SSSR count). The molecule has 0 aliphatic rings. The summed E-state index contributed by atoms with van der Waals surface area (Å²) in [6.45, 7) is 9.65. The molecule has 0 atom stereocenters. The maximum atomic E-state index is 12.5. The van der Waals surface area contributed by atoms with E-state index in [1.165, 1.54) is 10.9 Å². The number of carbonyl (C=O) groups is 2. The van der Waals surface area contributed by atoms with E-state index >= 15 is 0 Å². The molecule has 0 bridgehead atoms. The highest BCUT2D eigenvalue weighted by atomic mass is 79.9. The van der Waals surface area contributed by atoms with Gasteiger partial charge in [-0.1, -0.05) is 0 Å². The Morgan fingerprint density at radius 3 is 2.64 bits per heavy atom. The Bertz CT molecular complexity index is 788. The SMILES string of the molecule is CCn1nc(C)c(Br)c1C(=O)Nc1cnn(COC(=O)C(C)(C)C)c1. The van der Waals surface area contributed by atoms with Gasteiger partial charge in [0.1, 0.15) is 5.69 Å². The van der Waals surface area contributed by atoms with Crippen LogP contribution in [0.5, 0.6) is 0 Å². The normalized spacial score (nSPS) is 11.4. The summed E-state index contributed by atoms with van der Waals surface area (Å²) in [6, 6.07) is 0. The molecule has 9 heteroatoms. The molecule has 2 aromatic heterocycles. The lowest BCUT2D eigenvalue weighted by atomic mass is 9.98. The van der Waals surface area contributed by atoms with Gasteiger partial charge in [-0.2, -0.15) is 10.2 Å². The van der Waals surface area contributed by atoms with E-state index in [-0.39, 0.29) is 18.6 Å². The van der Waals surface area contributed by atoms with Crippen LogP contribution < -0.4 is 5.32 Å². The van der Waals surface area contributed by atoms with E-state index in [4.69, 9.17) is 4.74 Å². The lowest BCUT2D eigenvalue weighted by Gasteiger charge is -2.16. The van der Waals surface area contributed by atoms with Crippen molar-refractivity contribution in [2.75, 3.05) is 5.32 Å². The van der Waals surface area contributed by atoms with Crippen LogP contribution in [0.4, 0.5) is 5.69 Å². The van der Waals surface area contributed by atoms with Crippen LogP contribution in [-0.4, -0.2) is 31.4 Å². The summed E-state index contributed by atoms with van der Waals surface area (Å²) in [5, 5.41) is 11.1. The van der Waals surface area contributed by atoms with Crippen molar-refractivity contribution >= 4 is 33.5 Å². The first-order valence-corrected chi connectivity index (χ1v) is 8.66. The van der Waals surface area contributed by atoms with Gasteiger partial charge in [0.25, 0.3) is 5.91 Å². The number of anilines is 1. The zero-order valence-corrected chi connectivity index (χ0v) is 16.5. The fourth-order valence-electron chi connectivity index (χ4n) is 2.04. The van der Waals surface area contributed by atoms with E-state index in [2.05, 4.69) is 31.4 Å². The molecule has 1 N–H and O–H groups in total. The second-order valence-corrected chi connectivity index (χ2v) is 7.39. The minimum absolute atomic E-state index is 0.0122. The monoisotopic (exact) mass is 411 g/mol. The molecular weight excluding hydrogens is 390 g/mol. The summed E-state index contributed by atoms with van der Waals surface area (Å²) in [6.07, 6.45) is 3.09. The molecule has 0 fully saturated rings. The number of hydrogen-bond donors (Lipinski definition) is 1. The third-order valence-electron chi connectivity index (χ3n) is 3.40. The fourth-order valence-corrected chi connectivity index (χ4v) is 2.50. The highest BCUT2D eigenvalue weighted by molar-refractivity contribution is 9.10. The smallest absolute Gasteiger partial charge is 0.313 e. The van der Waals surface area contributed by atoms with Crippen molar-refractivity contribution in [3.05, 3.63) is 28.3 Å². The molecule has 2 heterocycles. The van der Waals surface area contributed by atoms with Crippen LogP contribution in [0.3, 0.4) is 0 Å². The summed E-state index contributed by atoms with van der Waals surface area (Å²) >= 11 is 3.40. The number of nitrogens with one attached hydrogen (secondary N) is 1. The summed E-state index contributed by atoms with van der Waals surface area (Å²) in [5.41, 5.74) is 1.13. The third-order valence-corrected chi connectivity index (χ3v) is 4.35. The maximum Gasteiger partial charge on any atom is 0.313 e. The van der Waals surface area contributed by atoms with Gasteiger partial charge in [-0.3, -0.25) is 14.3 Å². The van der Waals surface area contributed by atoms with Gasteiger partial charge in [0.15, 0.2) is 6.73 Å². The summed E-state index contributed by atoms with van der Waals surface area (Å²) in [5.74, 6) is -0.611. The lowest BCUT2D eigenvalue weighted by Crippen LogP contribution is -2.24. The Hall–Kier alpha value is -2.16. The predicted octanol–water partition coefficient (Wildman–Crippen LogP) is 2.97. The average molecular weight is 412 g/mol. The largest absolute Gasteiger partial charge is 0.442 e. The van der Waals surface area contributed by atoms with Crippen LogP contribution in [0.25, 0.3) is 0 Å². The summed E-state index contributed by atoms with van der Waals surface area (Å²) in [7, 11) is 0. The van der Waals surface area contributed by atoms with E-state index in [1.54, 1.807) is 31.6 Å². The topological polar surface area (TPSA) is 91.0 Å². The number of aryl methyl sites for hydroxylation is 2. The van der Waals surface area contributed by atoms with Gasteiger partial charge in [-0.15, -0.1) is 0 Å². The van der Waals surface area contributed by atoms with Crippen molar-refractivity contribution in [2.24, 2.45) is 5.41 Å². The zero-order chi connectivity index (χ0) is 18.8. The van der Waals surface area contributed by atoms with Crippen molar-refractivity contribution in [3.8, 4) is 0 Å². The third kappa shape index (κ3) is 4.47. The molecule has 25 heavy (non-hydrogen) atoms. The van der Waals surface area contributed by atoms with Crippen molar-refractivity contribution in [1.82, 2.24) is 19.6 Å². The van der Waals surface area contributed by atoms with Crippen molar-refractivity contribution in [2.45, 2.75) is 47.9 Å². The Morgan fingerprint density at radius 2 is 2.04 bits per heavy atom. The molecule has 2 aromatic rings. The number of halogens is 1. The van der Waals surface area contributed by atoms with E-state index in [1.807, 2.05) is 13.8 Å². The second-order valence-electron chi connectivity index (χ2n) is 6.60. The van der Waals surface area contributed by atoms with Crippen LogP contribution in [-0.2, 0) is 22.8 Å². The zero-order valence-electron chi connectivity index (χ0n) is 15.0. The minimum atomic E-state index is -0.576. The molecule has 8 nitrogen and oxygen atoms in total. The number of esters is 1. The molecule has 0 aliphatic heterocycles. The molecule has 0 saturated carbocycles. The van der Waals surface area contributed by atoms with Gasteiger partial charge in [-0.05, 0) is 50.5 Å². The van der Waals surface area contributed by atoms with Gasteiger partial charge >= 0.3 is 5.97 Å². The first-order valence-electron chi connectivity index (χ1n) is 7.87. The van der Waals surface area contributed by atoms with Crippen molar-refractivity contribution in [1.29, 1.82) is 0 Å². The van der Waals surface area contributed by atoms with Crippen LogP contribution in [0, 0.1) is 12.3 Å². The summed E-state index contributed by atoms with van der Waals surface area (Å²) < 4.78 is 8.92. The molecule has 0 radical (unpaired) electrons. The number of nitrogens with zero attached hydrogens (tertiary/aromatic N) is 4. The van der Waals surface area contributed by atoms with Gasteiger partial charge < -0.3 is 10.1 Å². The van der Waals surface area contributed by atoms with Crippen LogP contribution >= 0.6 is 15.9 Å². The maximum absolute atomic E-state index is 12.5. The Balaban J connectivity index is 2.04. The molecule has 136 valence electrons. The van der Waals surface area contributed by atoms with E-state index in [0.717, 1.165) is 5.69 Å². The van der Waals surface area contributed by atoms with Crippen molar-refractivity contribution in [3.63, 3.8) is 0 Å². The Morgan fingerprint density at radius 1 is 1.36 bits per heavy atom. The average Bonchev–Trinajstić information content (AvgIpc) is 3.08. The molecular formula is C16H22BrN5O3. The number of aromatic nitrogens is 4. The van der Waals surface area contributed by atoms with Crippen LogP contribution in [0.1, 0.15) is 43.9 Å². The predicted molar refractivity (Wildman–Crippen MR) is 96.1 cm³/mol. The number of carbonyl (C=O) groups excluding carboxylic acids is 2. The molecule has 0 spiro atoms. The lowest BCUT2D eigenvalue weighted by molar-refractivity contribution is -0.157. The Labute approximate surface area is 154 Å². The Kier molecular flexibility index (Phi) is 5.66. The van der Waals surface area contributed by atoms with E-state index in [0.29, 0.717) is 22.4 Å². The number of ether oxygens (including phenoxy) is 1. The highest BCUT2D eigenvalue weighted by Crippen LogP contribution is 2.22.